The van der Waals surface area contributed by atoms with E-state index < -0.39 is 0 Å². The maximum absolute atomic E-state index is 5.76. The van der Waals surface area contributed by atoms with E-state index >= 15 is 0 Å². The molecule has 3 nitrogen and oxygen atoms in total. The monoisotopic (exact) mass is 201 g/mol. The molecule has 0 fully saturated rings. The minimum Gasteiger partial charge on any atom is -0.399 e. The molecular formula is C12H15N3. The summed E-state index contributed by atoms with van der Waals surface area (Å²) in [5, 5.41) is 4.25. The predicted molar refractivity (Wildman–Crippen MR) is 61.7 cm³/mol. The molecule has 0 aliphatic heterocycles. The van der Waals surface area contributed by atoms with E-state index in [-0.39, 0.29) is 0 Å². The molecule has 0 spiro atoms. The summed E-state index contributed by atoms with van der Waals surface area (Å²) in [5.74, 6) is 0. The smallest absolute Gasteiger partial charge is 0.0659 e. The molecule has 3 heteroatoms. The van der Waals surface area contributed by atoms with Crippen LogP contribution in [0.4, 0.5) is 5.69 Å². The quantitative estimate of drug-likeness (QED) is 0.756. The third kappa shape index (κ3) is 2.18. The summed E-state index contributed by atoms with van der Waals surface area (Å²) in [5.41, 5.74) is 10.1. The Bertz CT molecular complexity index is 471. The Balaban J connectivity index is 2.21. The molecule has 0 amide bonds. The summed E-state index contributed by atoms with van der Waals surface area (Å²) >= 11 is 0. The summed E-state index contributed by atoms with van der Waals surface area (Å²) in [7, 11) is 0. The van der Waals surface area contributed by atoms with Crippen LogP contribution in [0.3, 0.4) is 0 Å². The van der Waals surface area contributed by atoms with E-state index in [1.807, 2.05) is 43.1 Å². The third-order valence-corrected chi connectivity index (χ3v) is 2.44. The molecule has 0 radical (unpaired) electrons. The normalized spacial score (nSPS) is 10.5. The largest absolute Gasteiger partial charge is 0.399 e. The molecule has 0 aliphatic carbocycles. The van der Waals surface area contributed by atoms with Crippen LogP contribution in [0, 0.1) is 13.8 Å². The molecule has 15 heavy (non-hydrogen) atoms. The maximum Gasteiger partial charge on any atom is 0.0659 e. The van der Waals surface area contributed by atoms with Gasteiger partial charge in [-0.15, -0.1) is 0 Å². The highest BCUT2D eigenvalue weighted by molar-refractivity contribution is 5.47. The number of nitrogens with two attached hydrogens (primary N) is 1. The van der Waals surface area contributed by atoms with Gasteiger partial charge in [0.05, 0.1) is 12.7 Å². The van der Waals surface area contributed by atoms with Crippen molar-refractivity contribution in [2.75, 3.05) is 5.73 Å². The number of rotatable bonds is 2. The Morgan fingerprint density at radius 1 is 1.33 bits per heavy atom. The minimum absolute atomic E-state index is 0.801. The van der Waals surface area contributed by atoms with Gasteiger partial charge in [-0.05, 0) is 36.6 Å². The number of anilines is 1. The van der Waals surface area contributed by atoms with Crippen molar-refractivity contribution in [3.05, 3.63) is 47.3 Å². The highest BCUT2D eigenvalue weighted by Crippen LogP contribution is 2.13. The molecule has 0 saturated heterocycles. The van der Waals surface area contributed by atoms with Crippen LogP contribution in [0.15, 0.2) is 30.6 Å². The molecular weight excluding hydrogens is 186 g/mol. The van der Waals surface area contributed by atoms with E-state index in [0.29, 0.717) is 0 Å². The van der Waals surface area contributed by atoms with E-state index in [4.69, 9.17) is 5.73 Å². The van der Waals surface area contributed by atoms with Gasteiger partial charge in [-0.2, -0.15) is 5.10 Å². The number of aryl methyl sites for hydroxylation is 2. The Morgan fingerprint density at radius 3 is 2.73 bits per heavy atom. The number of nitrogen functional groups attached to an aromatic ring is 1. The number of aromatic nitrogens is 2. The van der Waals surface area contributed by atoms with E-state index in [1.165, 1.54) is 11.1 Å². The van der Waals surface area contributed by atoms with E-state index in [0.717, 1.165) is 17.8 Å². The molecule has 0 bridgehead atoms. The highest BCUT2D eigenvalue weighted by atomic mass is 15.3. The van der Waals surface area contributed by atoms with E-state index in [1.54, 1.807) is 0 Å². The van der Waals surface area contributed by atoms with Crippen LogP contribution in [0.25, 0.3) is 0 Å². The number of hydrogen-bond acceptors (Lipinski definition) is 2. The fourth-order valence-corrected chi connectivity index (χ4v) is 1.58. The summed E-state index contributed by atoms with van der Waals surface area (Å²) in [4.78, 5) is 0. The Morgan fingerprint density at radius 2 is 2.13 bits per heavy atom. The summed E-state index contributed by atoms with van der Waals surface area (Å²) in [6, 6.07) is 6.09. The van der Waals surface area contributed by atoms with Crippen molar-refractivity contribution in [3.63, 3.8) is 0 Å². The molecule has 1 aromatic carbocycles. The molecule has 78 valence electrons. The van der Waals surface area contributed by atoms with Crippen LogP contribution in [-0.2, 0) is 6.54 Å². The lowest BCUT2D eigenvalue weighted by Gasteiger charge is -2.05. The standard InChI is InChI=1S/C12H15N3/c1-9-6-14-15(7-9)8-11-3-4-12(13)10(2)5-11/h3-7H,8,13H2,1-2H3. The fourth-order valence-electron chi connectivity index (χ4n) is 1.58. The van der Waals surface area contributed by atoms with Crippen LogP contribution < -0.4 is 5.73 Å². The molecule has 0 aliphatic rings. The van der Waals surface area contributed by atoms with Crippen LogP contribution in [0.2, 0.25) is 0 Å². The number of benzene rings is 1. The lowest BCUT2D eigenvalue weighted by molar-refractivity contribution is 0.686. The van der Waals surface area contributed by atoms with E-state index in [9.17, 15) is 0 Å². The third-order valence-electron chi connectivity index (χ3n) is 2.44. The van der Waals surface area contributed by atoms with Crippen molar-refractivity contribution in [3.8, 4) is 0 Å². The van der Waals surface area contributed by atoms with Crippen molar-refractivity contribution >= 4 is 5.69 Å². The van der Waals surface area contributed by atoms with Crippen molar-refractivity contribution in [2.45, 2.75) is 20.4 Å². The zero-order valence-electron chi connectivity index (χ0n) is 9.07. The number of nitrogens with zero attached hydrogens (tertiary/aromatic N) is 2. The van der Waals surface area contributed by atoms with Gasteiger partial charge >= 0.3 is 0 Å². The molecule has 2 N–H and O–H groups in total. The maximum atomic E-state index is 5.76. The lowest BCUT2D eigenvalue weighted by Crippen LogP contribution is -2.01. The van der Waals surface area contributed by atoms with Gasteiger partial charge in [0, 0.05) is 11.9 Å². The van der Waals surface area contributed by atoms with Gasteiger partial charge in [0.2, 0.25) is 0 Å². The first-order valence-electron chi connectivity index (χ1n) is 4.99. The fraction of sp³-hybridized carbons (Fsp3) is 0.250. The topological polar surface area (TPSA) is 43.8 Å². The van der Waals surface area contributed by atoms with E-state index in [2.05, 4.69) is 11.2 Å². The van der Waals surface area contributed by atoms with Crippen molar-refractivity contribution in [1.29, 1.82) is 0 Å². The van der Waals surface area contributed by atoms with Gasteiger partial charge in [-0.1, -0.05) is 12.1 Å². The Kier molecular flexibility index (Phi) is 2.46. The van der Waals surface area contributed by atoms with Crippen molar-refractivity contribution in [1.82, 2.24) is 9.78 Å². The van der Waals surface area contributed by atoms with Gasteiger partial charge < -0.3 is 5.73 Å². The van der Waals surface area contributed by atoms with Crippen LogP contribution in [0.1, 0.15) is 16.7 Å². The average molecular weight is 201 g/mol. The van der Waals surface area contributed by atoms with Gasteiger partial charge in [-0.3, -0.25) is 4.68 Å². The summed E-state index contributed by atoms with van der Waals surface area (Å²) in [6.07, 6.45) is 3.90. The molecule has 0 atom stereocenters. The SMILES string of the molecule is Cc1cnn(Cc2ccc(N)c(C)c2)c1. The first-order chi connectivity index (χ1) is 7.15. The van der Waals surface area contributed by atoms with Crippen molar-refractivity contribution in [2.24, 2.45) is 0 Å². The zero-order chi connectivity index (χ0) is 10.8. The highest BCUT2D eigenvalue weighted by Gasteiger charge is 1.99. The van der Waals surface area contributed by atoms with Gasteiger partial charge in [0.1, 0.15) is 0 Å². The molecule has 2 rings (SSSR count). The Labute approximate surface area is 89.5 Å². The molecule has 1 aromatic heterocycles. The molecule has 2 aromatic rings. The second kappa shape index (κ2) is 3.77. The molecule has 1 heterocycles. The molecule has 0 saturated carbocycles. The predicted octanol–water partition coefficient (Wildman–Crippen LogP) is 2.13. The van der Waals surface area contributed by atoms with Gasteiger partial charge in [0.25, 0.3) is 0 Å². The zero-order valence-corrected chi connectivity index (χ0v) is 9.07. The summed E-state index contributed by atoms with van der Waals surface area (Å²) in [6.45, 7) is 4.86. The van der Waals surface area contributed by atoms with Gasteiger partial charge in [-0.25, -0.2) is 0 Å². The second-order valence-corrected chi connectivity index (χ2v) is 3.91. The van der Waals surface area contributed by atoms with Crippen LogP contribution in [-0.4, -0.2) is 9.78 Å². The average Bonchev–Trinajstić information content (AvgIpc) is 2.58. The first kappa shape index (κ1) is 9.77. The molecule has 0 unspecified atom stereocenters. The lowest BCUT2D eigenvalue weighted by atomic mass is 10.1. The first-order valence-corrected chi connectivity index (χ1v) is 4.99. The minimum atomic E-state index is 0.801. The van der Waals surface area contributed by atoms with Crippen LogP contribution >= 0.6 is 0 Å². The summed E-state index contributed by atoms with van der Waals surface area (Å²) < 4.78 is 1.93. The second-order valence-electron chi connectivity index (χ2n) is 3.91. The van der Waals surface area contributed by atoms with Crippen molar-refractivity contribution < 1.29 is 0 Å². The Hall–Kier alpha value is -1.77. The van der Waals surface area contributed by atoms with Crippen LogP contribution in [0.5, 0.6) is 0 Å². The van der Waals surface area contributed by atoms with Gasteiger partial charge in [0.15, 0.2) is 0 Å². The number of hydrogen-bond donors (Lipinski definition) is 1.